The van der Waals surface area contributed by atoms with Crippen LogP contribution in [0.4, 0.5) is 0 Å². The molecule has 4 heteroatoms. The number of thiocarbonyl (C=S) groups is 1. The fraction of sp³-hybridized carbons (Fsp3) is 0.417. The number of hydrogen-bond acceptors (Lipinski definition) is 2. The molecule has 0 aliphatic carbocycles. The van der Waals surface area contributed by atoms with Gasteiger partial charge in [0.25, 0.3) is 0 Å². The number of hydrogen-bond donors (Lipinski definition) is 0. The fourth-order valence-corrected chi connectivity index (χ4v) is 3.36. The topological polar surface area (TPSA) is 3.24 Å². The molecule has 1 fully saturated rings. The zero-order valence-electron chi connectivity index (χ0n) is 8.99. The number of likely N-dealkylation sites (tertiary alicyclic amines) is 1. The molecule has 2 rings (SSSR count). The lowest BCUT2D eigenvalue weighted by atomic mass is 10.1. The first kappa shape index (κ1) is 12.6. The Labute approximate surface area is 120 Å². The van der Waals surface area contributed by atoms with E-state index in [1.807, 2.05) is 0 Å². The van der Waals surface area contributed by atoms with Crippen molar-refractivity contribution in [2.75, 3.05) is 13.1 Å². The van der Waals surface area contributed by atoms with Crippen LogP contribution in [0.3, 0.4) is 0 Å². The lowest BCUT2D eigenvalue weighted by Gasteiger charge is -2.28. The lowest BCUT2D eigenvalue weighted by Crippen LogP contribution is -2.32. The summed E-state index contributed by atoms with van der Waals surface area (Å²) in [6.07, 6.45) is 3.92. The van der Waals surface area contributed by atoms with Crippen LogP contribution in [0.15, 0.2) is 29.2 Å². The molecule has 0 N–H and O–H groups in total. The standard InChI is InChI=1S/C12H14INS2/c13-10-4-6-11(7-5-10)16-12(15)14-8-2-1-3-9-14/h4-7H,1-3,8-9H2. The maximum absolute atomic E-state index is 5.48. The number of benzene rings is 1. The zero-order chi connectivity index (χ0) is 11.4. The van der Waals surface area contributed by atoms with Gasteiger partial charge in [0, 0.05) is 21.6 Å². The molecule has 0 unspecified atom stereocenters. The van der Waals surface area contributed by atoms with Gasteiger partial charge in [0.1, 0.15) is 4.32 Å². The Morgan fingerprint density at radius 1 is 1.12 bits per heavy atom. The highest BCUT2D eigenvalue weighted by Crippen LogP contribution is 2.24. The van der Waals surface area contributed by atoms with E-state index in [0.717, 1.165) is 17.4 Å². The highest BCUT2D eigenvalue weighted by Gasteiger charge is 2.13. The van der Waals surface area contributed by atoms with Gasteiger partial charge in [-0.05, 0) is 66.1 Å². The summed E-state index contributed by atoms with van der Waals surface area (Å²) in [5, 5.41) is 0. The van der Waals surface area contributed by atoms with Crippen molar-refractivity contribution >= 4 is 50.9 Å². The molecular formula is C12H14INS2. The number of halogens is 1. The molecule has 1 aliphatic rings. The highest BCUT2D eigenvalue weighted by molar-refractivity contribution is 14.1. The summed E-state index contributed by atoms with van der Waals surface area (Å²) in [6, 6.07) is 8.54. The van der Waals surface area contributed by atoms with E-state index in [-0.39, 0.29) is 0 Å². The Bertz CT molecular complexity index is 358. The van der Waals surface area contributed by atoms with Crippen molar-refractivity contribution < 1.29 is 0 Å². The number of thioether (sulfide) groups is 1. The smallest absolute Gasteiger partial charge is 0.141 e. The third kappa shape index (κ3) is 3.60. The van der Waals surface area contributed by atoms with Gasteiger partial charge in [-0.15, -0.1) is 0 Å². The molecule has 0 bridgehead atoms. The van der Waals surface area contributed by atoms with E-state index in [1.54, 1.807) is 11.8 Å². The van der Waals surface area contributed by atoms with Crippen LogP contribution in [-0.2, 0) is 0 Å². The Hall–Kier alpha value is 0.190. The summed E-state index contributed by atoms with van der Waals surface area (Å²) in [6.45, 7) is 2.27. The second-order valence-electron chi connectivity index (χ2n) is 3.87. The van der Waals surface area contributed by atoms with E-state index in [0.29, 0.717) is 0 Å². The van der Waals surface area contributed by atoms with E-state index in [2.05, 4.69) is 51.8 Å². The van der Waals surface area contributed by atoms with Gasteiger partial charge in [0.2, 0.25) is 0 Å². The minimum atomic E-state index is 1.03. The molecule has 1 heterocycles. The van der Waals surface area contributed by atoms with Gasteiger partial charge in [-0.3, -0.25) is 0 Å². The summed E-state index contributed by atoms with van der Waals surface area (Å²) < 4.78 is 2.30. The highest BCUT2D eigenvalue weighted by atomic mass is 127. The number of rotatable bonds is 1. The molecular weight excluding hydrogens is 349 g/mol. The van der Waals surface area contributed by atoms with E-state index < -0.39 is 0 Å². The van der Waals surface area contributed by atoms with E-state index >= 15 is 0 Å². The third-order valence-corrected chi connectivity index (χ3v) is 4.80. The van der Waals surface area contributed by atoms with E-state index in [9.17, 15) is 0 Å². The quantitative estimate of drug-likeness (QED) is 0.419. The molecule has 1 saturated heterocycles. The second-order valence-corrected chi connectivity index (χ2v) is 6.82. The summed E-state index contributed by atoms with van der Waals surface area (Å²) in [7, 11) is 0. The third-order valence-electron chi connectivity index (χ3n) is 2.63. The van der Waals surface area contributed by atoms with Crippen molar-refractivity contribution in [1.82, 2.24) is 4.90 Å². The van der Waals surface area contributed by atoms with Gasteiger partial charge in [-0.1, -0.05) is 24.0 Å². The van der Waals surface area contributed by atoms with Crippen molar-refractivity contribution in [2.45, 2.75) is 24.2 Å². The van der Waals surface area contributed by atoms with Crippen LogP contribution in [-0.4, -0.2) is 22.3 Å². The van der Waals surface area contributed by atoms with Crippen molar-refractivity contribution in [2.24, 2.45) is 0 Å². The molecule has 1 aromatic rings. The molecule has 1 aromatic carbocycles. The van der Waals surface area contributed by atoms with Gasteiger partial charge in [0.05, 0.1) is 0 Å². The van der Waals surface area contributed by atoms with Crippen molar-refractivity contribution in [1.29, 1.82) is 0 Å². The van der Waals surface area contributed by atoms with Gasteiger partial charge in [-0.2, -0.15) is 0 Å². The molecule has 0 atom stereocenters. The normalized spacial score (nSPS) is 16.2. The molecule has 1 aliphatic heterocycles. The van der Waals surface area contributed by atoms with Crippen LogP contribution < -0.4 is 0 Å². The van der Waals surface area contributed by atoms with Crippen molar-refractivity contribution in [3.8, 4) is 0 Å². The predicted molar refractivity (Wildman–Crippen MR) is 83.0 cm³/mol. The largest absolute Gasteiger partial charge is 0.357 e. The second kappa shape index (κ2) is 6.21. The molecule has 86 valence electrons. The molecule has 0 aromatic heterocycles. The lowest BCUT2D eigenvalue weighted by molar-refractivity contribution is 0.352. The zero-order valence-corrected chi connectivity index (χ0v) is 12.8. The molecule has 0 radical (unpaired) electrons. The van der Waals surface area contributed by atoms with Crippen molar-refractivity contribution in [3.05, 3.63) is 27.8 Å². The monoisotopic (exact) mass is 363 g/mol. The van der Waals surface area contributed by atoms with Gasteiger partial charge < -0.3 is 4.90 Å². The van der Waals surface area contributed by atoms with Gasteiger partial charge in [0.15, 0.2) is 0 Å². The summed E-state index contributed by atoms with van der Waals surface area (Å²) in [5.41, 5.74) is 0. The molecule has 16 heavy (non-hydrogen) atoms. The predicted octanol–water partition coefficient (Wildman–Crippen LogP) is 4.15. The van der Waals surface area contributed by atoms with Crippen molar-refractivity contribution in [3.63, 3.8) is 0 Å². The SMILES string of the molecule is S=C(Sc1ccc(I)cc1)N1CCCCC1. The van der Waals surface area contributed by atoms with Crippen LogP contribution in [0.25, 0.3) is 0 Å². The first-order valence-electron chi connectivity index (χ1n) is 5.48. The Morgan fingerprint density at radius 2 is 1.75 bits per heavy atom. The van der Waals surface area contributed by atoms with E-state index in [4.69, 9.17) is 12.2 Å². The average Bonchev–Trinajstić information content (AvgIpc) is 2.33. The maximum atomic E-state index is 5.48. The van der Waals surface area contributed by atoms with Gasteiger partial charge in [-0.25, -0.2) is 0 Å². The van der Waals surface area contributed by atoms with Crippen LogP contribution in [0.5, 0.6) is 0 Å². The Balaban J connectivity index is 1.93. The average molecular weight is 363 g/mol. The number of piperidine rings is 1. The molecule has 0 amide bonds. The first-order chi connectivity index (χ1) is 7.75. The van der Waals surface area contributed by atoms with Gasteiger partial charge >= 0.3 is 0 Å². The van der Waals surface area contributed by atoms with Crippen LogP contribution in [0.1, 0.15) is 19.3 Å². The van der Waals surface area contributed by atoms with E-state index in [1.165, 1.54) is 27.7 Å². The first-order valence-corrected chi connectivity index (χ1v) is 7.78. The summed E-state index contributed by atoms with van der Waals surface area (Å²) in [4.78, 5) is 3.58. The van der Waals surface area contributed by atoms with Crippen LogP contribution in [0, 0.1) is 3.57 Å². The summed E-state index contributed by atoms with van der Waals surface area (Å²) >= 11 is 9.51. The summed E-state index contributed by atoms with van der Waals surface area (Å²) in [5.74, 6) is 0. The maximum Gasteiger partial charge on any atom is 0.141 e. The molecule has 1 nitrogen and oxygen atoms in total. The Morgan fingerprint density at radius 3 is 2.38 bits per heavy atom. The Kier molecular flexibility index (Phi) is 4.91. The molecule has 0 spiro atoms. The van der Waals surface area contributed by atoms with Crippen LogP contribution >= 0.6 is 46.6 Å². The minimum Gasteiger partial charge on any atom is -0.357 e. The molecule has 0 saturated carbocycles. The fourth-order valence-electron chi connectivity index (χ4n) is 1.74. The minimum absolute atomic E-state index is 1.03. The number of nitrogens with zero attached hydrogens (tertiary/aromatic N) is 1. The van der Waals surface area contributed by atoms with Crippen LogP contribution in [0.2, 0.25) is 0 Å².